The molecule has 0 spiro atoms. The molecule has 1 aromatic carbocycles. The third kappa shape index (κ3) is 3.32. The second kappa shape index (κ2) is 6.61. The summed E-state index contributed by atoms with van der Waals surface area (Å²) < 4.78 is 8.08. The molecule has 29 heavy (non-hydrogen) atoms. The van der Waals surface area contributed by atoms with Gasteiger partial charge in [0, 0.05) is 37.3 Å². The summed E-state index contributed by atoms with van der Waals surface area (Å²) in [7, 11) is 0. The van der Waals surface area contributed by atoms with Gasteiger partial charge in [0.2, 0.25) is 0 Å². The number of hydrogen-bond donors (Lipinski definition) is 1. The number of aromatic nitrogens is 3. The van der Waals surface area contributed by atoms with Crippen molar-refractivity contribution in [1.82, 2.24) is 19.4 Å². The van der Waals surface area contributed by atoms with Gasteiger partial charge in [-0.25, -0.2) is 0 Å². The number of ether oxygens (including phenoxy) is 1. The van der Waals surface area contributed by atoms with E-state index in [1.807, 2.05) is 35.0 Å². The van der Waals surface area contributed by atoms with E-state index in [9.17, 15) is 0 Å². The first-order valence-electron chi connectivity index (χ1n) is 9.75. The van der Waals surface area contributed by atoms with Crippen molar-refractivity contribution >= 4 is 5.82 Å². The fourth-order valence-corrected chi connectivity index (χ4v) is 4.27. The van der Waals surface area contributed by atoms with Crippen molar-refractivity contribution in [2.24, 2.45) is 0 Å². The van der Waals surface area contributed by atoms with Crippen LogP contribution in [0.2, 0.25) is 0 Å². The molecule has 2 aliphatic rings. The Balaban J connectivity index is 1.29. The quantitative estimate of drug-likeness (QED) is 0.744. The van der Waals surface area contributed by atoms with E-state index < -0.39 is 0 Å². The summed E-state index contributed by atoms with van der Waals surface area (Å²) in [5.74, 6) is 0.498. The molecule has 5 rings (SSSR count). The van der Waals surface area contributed by atoms with Crippen LogP contribution in [-0.4, -0.2) is 38.1 Å². The number of nitrogens with zero attached hydrogens (tertiary/aromatic N) is 5. The van der Waals surface area contributed by atoms with Crippen LogP contribution in [0.1, 0.15) is 23.7 Å². The monoisotopic (exact) mass is 386 g/mol. The van der Waals surface area contributed by atoms with E-state index in [2.05, 4.69) is 35.0 Å². The number of pyridine rings is 1. The number of benzene rings is 1. The highest BCUT2D eigenvalue weighted by Gasteiger charge is 2.38. The van der Waals surface area contributed by atoms with Crippen LogP contribution in [0.25, 0.3) is 11.3 Å². The van der Waals surface area contributed by atoms with Crippen LogP contribution in [0.15, 0.2) is 42.6 Å². The lowest BCUT2D eigenvalue weighted by Gasteiger charge is -2.34. The maximum atomic E-state index is 8.96. The molecule has 2 N–H and O–H groups in total. The average Bonchev–Trinajstić information content (AvgIpc) is 3.20. The molecule has 0 aliphatic carbocycles. The summed E-state index contributed by atoms with van der Waals surface area (Å²) in [5, 5.41) is 8.96. The van der Waals surface area contributed by atoms with Gasteiger partial charge in [-0.05, 0) is 30.7 Å². The fourth-order valence-electron chi connectivity index (χ4n) is 4.27. The van der Waals surface area contributed by atoms with E-state index in [1.54, 1.807) is 0 Å². The Bertz CT molecular complexity index is 1090. The van der Waals surface area contributed by atoms with Gasteiger partial charge in [-0.15, -0.1) is 0 Å². The minimum Gasteiger partial charge on any atom is -0.455 e. The van der Waals surface area contributed by atoms with E-state index in [4.69, 9.17) is 20.7 Å². The molecular formula is C22H22N6O. The summed E-state index contributed by atoms with van der Waals surface area (Å²) in [6.45, 7) is 5.51. The van der Waals surface area contributed by atoms with Crippen molar-refractivity contribution < 1.29 is 4.74 Å². The zero-order valence-electron chi connectivity index (χ0n) is 16.3. The number of fused-ring (bicyclic) bond motifs is 2. The zero-order chi connectivity index (χ0) is 20.0. The lowest BCUT2D eigenvalue weighted by Crippen LogP contribution is -2.46. The van der Waals surface area contributed by atoms with Crippen LogP contribution in [0.4, 0.5) is 5.82 Å². The van der Waals surface area contributed by atoms with Crippen LogP contribution in [0.3, 0.4) is 0 Å². The Morgan fingerprint density at radius 3 is 2.79 bits per heavy atom. The lowest BCUT2D eigenvalue weighted by atomic mass is 10.00. The molecule has 0 saturated heterocycles. The molecule has 7 nitrogen and oxygen atoms in total. The van der Waals surface area contributed by atoms with Gasteiger partial charge in [-0.3, -0.25) is 14.5 Å². The Hall–Kier alpha value is -3.37. The molecule has 2 aliphatic heterocycles. The number of nitrogens with two attached hydrogens (primary N) is 1. The first-order chi connectivity index (χ1) is 14.0. The Morgan fingerprint density at radius 1 is 1.21 bits per heavy atom. The molecule has 2 aromatic heterocycles. The minimum atomic E-state index is -0.302. The summed E-state index contributed by atoms with van der Waals surface area (Å²) in [6, 6.07) is 14.6. The molecule has 1 atom stereocenters. The second-order valence-corrected chi connectivity index (χ2v) is 8.08. The largest absolute Gasteiger partial charge is 0.455 e. The molecule has 146 valence electrons. The number of rotatable bonds is 3. The molecule has 0 amide bonds. The molecule has 3 aromatic rings. The topological polar surface area (TPSA) is 93.0 Å². The number of imidazole rings is 1. The predicted molar refractivity (Wildman–Crippen MR) is 109 cm³/mol. The average molecular weight is 386 g/mol. The van der Waals surface area contributed by atoms with Gasteiger partial charge >= 0.3 is 0 Å². The summed E-state index contributed by atoms with van der Waals surface area (Å²) in [5.41, 5.74) is 10.5. The smallest absolute Gasteiger partial charge is 0.299 e. The van der Waals surface area contributed by atoms with Crippen LogP contribution < -0.4 is 10.5 Å². The highest BCUT2D eigenvalue weighted by atomic mass is 16.5. The van der Waals surface area contributed by atoms with Gasteiger partial charge < -0.3 is 10.5 Å². The first-order valence-corrected chi connectivity index (χ1v) is 9.75. The van der Waals surface area contributed by atoms with Crippen molar-refractivity contribution in [1.29, 1.82) is 5.26 Å². The van der Waals surface area contributed by atoms with Gasteiger partial charge in [0.25, 0.3) is 6.01 Å². The van der Waals surface area contributed by atoms with E-state index in [-0.39, 0.29) is 5.60 Å². The maximum Gasteiger partial charge on any atom is 0.299 e. The molecule has 0 fully saturated rings. The van der Waals surface area contributed by atoms with Crippen LogP contribution in [0.5, 0.6) is 6.01 Å². The van der Waals surface area contributed by atoms with Crippen LogP contribution in [-0.2, 0) is 19.5 Å². The molecule has 7 heteroatoms. The van der Waals surface area contributed by atoms with Gasteiger partial charge in [0.1, 0.15) is 11.4 Å². The Morgan fingerprint density at radius 2 is 2.03 bits per heavy atom. The molecule has 4 heterocycles. The number of hydrogen-bond acceptors (Lipinski definition) is 6. The SMILES string of the molecule is C[C@]1(CN2CCc3nc(-c4ccc(C#N)cc4)ccc3C2)Cn2cc(N)nc2O1. The van der Waals surface area contributed by atoms with Gasteiger partial charge in [0.05, 0.1) is 30.1 Å². The third-order valence-corrected chi connectivity index (χ3v) is 5.60. The van der Waals surface area contributed by atoms with Crippen molar-refractivity contribution in [3.05, 3.63) is 59.4 Å². The van der Waals surface area contributed by atoms with Crippen molar-refractivity contribution in [2.45, 2.75) is 32.0 Å². The summed E-state index contributed by atoms with van der Waals surface area (Å²) in [6.07, 6.45) is 2.74. The molecule has 0 unspecified atom stereocenters. The maximum absolute atomic E-state index is 8.96. The zero-order valence-corrected chi connectivity index (χ0v) is 16.3. The molecule has 0 saturated carbocycles. The number of anilines is 1. The van der Waals surface area contributed by atoms with Crippen LogP contribution >= 0.6 is 0 Å². The lowest BCUT2D eigenvalue weighted by molar-refractivity contribution is 0.0526. The number of nitrogen functional groups attached to an aromatic ring is 1. The molecular weight excluding hydrogens is 364 g/mol. The standard InChI is InChI=1S/C22H22N6O/c1-22(14-28-12-20(24)26-21(28)29-22)13-27-9-8-19-17(11-27)6-7-18(25-19)16-4-2-15(10-23)3-5-16/h2-7,12H,8-9,11,13-14,24H2,1H3/t22-/m0/s1. The second-order valence-electron chi connectivity index (χ2n) is 8.08. The predicted octanol–water partition coefficient (Wildman–Crippen LogP) is 2.61. The molecule has 0 radical (unpaired) electrons. The van der Waals surface area contributed by atoms with E-state index in [1.165, 1.54) is 5.56 Å². The fraction of sp³-hybridized carbons (Fsp3) is 0.318. The highest BCUT2D eigenvalue weighted by Crippen LogP contribution is 2.31. The van der Waals surface area contributed by atoms with E-state index in [0.717, 1.165) is 49.6 Å². The Labute approximate surface area is 169 Å². The first kappa shape index (κ1) is 17.7. The third-order valence-electron chi connectivity index (χ3n) is 5.60. The normalized spacial score (nSPS) is 20.6. The van der Waals surface area contributed by atoms with Crippen molar-refractivity contribution in [3.8, 4) is 23.3 Å². The van der Waals surface area contributed by atoms with Gasteiger partial charge in [-0.1, -0.05) is 18.2 Å². The van der Waals surface area contributed by atoms with Gasteiger partial charge in [-0.2, -0.15) is 10.2 Å². The van der Waals surface area contributed by atoms with E-state index >= 15 is 0 Å². The summed E-state index contributed by atoms with van der Waals surface area (Å²) in [4.78, 5) is 11.5. The minimum absolute atomic E-state index is 0.302. The highest BCUT2D eigenvalue weighted by molar-refractivity contribution is 5.61. The van der Waals surface area contributed by atoms with E-state index in [0.29, 0.717) is 17.4 Å². The van der Waals surface area contributed by atoms with Crippen molar-refractivity contribution in [3.63, 3.8) is 0 Å². The molecule has 0 bridgehead atoms. The summed E-state index contributed by atoms with van der Waals surface area (Å²) >= 11 is 0. The van der Waals surface area contributed by atoms with Crippen LogP contribution in [0, 0.1) is 11.3 Å². The Kier molecular flexibility index (Phi) is 4.03. The van der Waals surface area contributed by atoms with Gasteiger partial charge in [0.15, 0.2) is 0 Å². The number of nitriles is 1. The van der Waals surface area contributed by atoms with Crippen molar-refractivity contribution in [2.75, 3.05) is 18.8 Å².